The first-order valence-electron chi connectivity index (χ1n) is 10.4. The summed E-state index contributed by atoms with van der Waals surface area (Å²) in [6.07, 6.45) is -17.8. The summed E-state index contributed by atoms with van der Waals surface area (Å²) in [5.74, 6) is -4.20. The predicted octanol–water partition coefficient (Wildman–Crippen LogP) is -3.68. The summed E-state index contributed by atoms with van der Waals surface area (Å²) in [6, 6.07) is 0. The molecule has 0 spiro atoms. The molecule has 1 aliphatic carbocycles. The Hall–Kier alpha value is -1.38. The van der Waals surface area contributed by atoms with E-state index in [2.05, 4.69) is 13.6 Å². The van der Waals surface area contributed by atoms with Gasteiger partial charge in [0.15, 0.2) is 18.3 Å². The molecule has 1 saturated carbocycles. The zero-order valence-electron chi connectivity index (χ0n) is 19.5. The van der Waals surface area contributed by atoms with Gasteiger partial charge in [-0.25, -0.2) is 13.7 Å². The fourth-order valence-corrected chi connectivity index (χ4v) is 4.94. The van der Waals surface area contributed by atoms with Crippen molar-refractivity contribution < 1.29 is 101 Å². The van der Waals surface area contributed by atoms with E-state index in [-0.39, 0.29) is 0 Å². The van der Waals surface area contributed by atoms with Crippen LogP contribution in [0.2, 0.25) is 0 Å². The van der Waals surface area contributed by atoms with Crippen LogP contribution in [0.25, 0.3) is 0 Å². The first kappa shape index (κ1) is 35.6. The molecule has 0 aromatic rings. The smallest absolute Gasteiger partial charge is 0.455 e. The molecule has 0 amide bonds. The van der Waals surface area contributed by atoms with E-state index in [0.717, 1.165) is 0 Å². The number of aliphatic hydroxyl groups is 3. The van der Waals surface area contributed by atoms with E-state index in [1.165, 1.54) is 0 Å². The highest BCUT2D eigenvalue weighted by Crippen LogP contribution is 2.51. The average Bonchev–Trinajstić information content (AvgIpc) is 2.73. The van der Waals surface area contributed by atoms with Gasteiger partial charge in [0.1, 0.15) is 18.3 Å². The van der Waals surface area contributed by atoms with Gasteiger partial charge in [0.25, 0.3) is 0 Å². The SMILES string of the molecule is O=C(CCO)OC1[C@@H](OC(=O)CCO)[C@H](OP(=O)(O)O)C(OP(=O)(O)O)[C@H](OP(=O)(O)O)[C@@H]1OC(=O)CCO. The highest BCUT2D eigenvalue weighted by molar-refractivity contribution is 7.47. The van der Waals surface area contributed by atoms with Crippen molar-refractivity contribution in [3.63, 3.8) is 0 Å². The fraction of sp³-hybridized carbons (Fsp3) is 0.800. The number of phosphoric acid groups is 3. The maximum Gasteiger partial charge on any atom is 0.470 e. The van der Waals surface area contributed by atoms with Crippen LogP contribution in [0.3, 0.4) is 0 Å². The van der Waals surface area contributed by atoms with Crippen LogP contribution in [-0.2, 0) is 55.9 Å². The van der Waals surface area contributed by atoms with Gasteiger partial charge >= 0.3 is 41.4 Å². The lowest BCUT2D eigenvalue weighted by Gasteiger charge is -2.47. The fourth-order valence-electron chi connectivity index (χ4n) is 3.27. The zero-order chi connectivity index (χ0) is 30.2. The van der Waals surface area contributed by atoms with Crippen molar-refractivity contribution in [1.29, 1.82) is 0 Å². The molecule has 21 nitrogen and oxygen atoms in total. The highest BCUT2D eigenvalue weighted by atomic mass is 31.2. The molecule has 0 heterocycles. The molecule has 0 aromatic carbocycles. The highest BCUT2D eigenvalue weighted by Gasteiger charge is 2.62. The number of ether oxygens (including phenoxy) is 3. The van der Waals surface area contributed by atoms with Gasteiger partial charge in [-0.1, -0.05) is 0 Å². The minimum absolute atomic E-state index is 0.804. The minimum atomic E-state index is -5.81. The van der Waals surface area contributed by atoms with Crippen molar-refractivity contribution in [1.82, 2.24) is 0 Å². The van der Waals surface area contributed by atoms with E-state index in [1.807, 2.05) is 0 Å². The van der Waals surface area contributed by atoms with E-state index in [0.29, 0.717) is 0 Å². The molecular formula is C15H27O21P3. The van der Waals surface area contributed by atoms with Crippen LogP contribution in [0.5, 0.6) is 0 Å². The van der Waals surface area contributed by atoms with E-state index in [1.54, 1.807) is 0 Å². The van der Waals surface area contributed by atoms with Crippen LogP contribution in [0.15, 0.2) is 0 Å². The summed E-state index contributed by atoms with van der Waals surface area (Å²) in [6.45, 7) is -2.60. The van der Waals surface area contributed by atoms with Gasteiger partial charge in [0.05, 0.1) is 39.1 Å². The number of hydrogen-bond donors (Lipinski definition) is 9. The Morgan fingerprint density at radius 3 is 0.872 bits per heavy atom. The van der Waals surface area contributed by atoms with Crippen molar-refractivity contribution in [2.45, 2.75) is 55.9 Å². The molecule has 6 atom stereocenters. The van der Waals surface area contributed by atoms with Crippen molar-refractivity contribution in [2.24, 2.45) is 0 Å². The summed E-state index contributed by atoms with van der Waals surface area (Å²) in [4.78, 5) is 93.0. The molecule has 9 N–H and O–H groups in total. The zero-order valence-corrected chi connectivity index (χ0v) is 22.2. The monoisotopic (exact) mass is 636 g/mol. The molecule has 24 heteroatoms. The second-order valence-electron chi connectivity index (χ2n) is 7.47. The first-order chi connectivity index (χ1) is 17.8. The van der Waals surface area contributed by atoms with Gasteiger partial charge < -0.3 is 58.9 Å². The number of aliphatic hydroxyl groups excluding tert-OH is 3. The number of phosphoric ester groups is 3. The predicted molar refractivity (Wildman–Crippen MR) is 115 cm³/mol. The molecule has 0 radical (unpaired) electrons. The molecule has 0 bridgehead atoms. The maximum atomic E-state index is 12.2. The van der Waals surface area contributed by atoms with Crippen LogP contribution in [-0.4, -0.2) is 119 Å². The van der Waals surface area contributed by atoms with Crippen LogP contribution in [0, 0.1) is 0 Å². The Morgan fingerprint density at radius 1 is 0.462 bits per heavy atom. The molecule has 0 saturated heterocycles. The Kier molecular flexibility index (Phi) is 13.7. The summed E-state index contributed by atoms with van der Waals surface area (Å²) < 4.78 is 63.4. The molecule has 0 aromatic heterocycles. The Balaban J connectivity index is 3.94. The van der Waals surface area contributed by atoms with Crippen LogP contribution in [0.1, 0.15) is 19.3 Å². The lowest BCUT2D eigenvalue weighted by Crippen LogP contribution is -2.67. The van der Waals surface area contributed by atoms with Crippen molar-refractivity contribution >= 4 is 41.4 Å². The van der Waals surface area contributed by atoms with Gasteiger partial charge in [-0.05, 0) is 0 Å². The normalized spacial score (nSPS) is 26.1. The molecule has 1 fully saturated rings. The number of hydrogen-bond acceptors (Lipinski definition) is 15. The molecular weight excluding hydrogens is 609 g/mol. The third kappa shape index (κ3) is 12.8. The Morgan fingerprint density at radius 2 is 0.667 bits per heavy atom. The summed E-state index contributed by atoms with van der Waals surface area (Å²) >= 11 is 0. The standard InChI is InChI=1S/C15H27O21P3/c16-4-1-7(19)31-10-11(32-8(20)2-5-17)13(34-37(22,23)24)15(36-39(28,29)30)14(35-38(25,26)27)12(10)33-9(21)3-6-18/h10-18H,1-6H2,(H2,22,23,24)(H2,25,26,27)(H2,28,29,30)/t10?,11-,12-,13-,14+,15?/m1/s1. The summed E-state index contributed by atoms with van der Waals surface area (Å²) in [5, 5.41) is 27.0. The molecule has 39 heavy (non-hydrogen) atoms. The minimum Gasteiger partial charge on any atom is -0.455 e. The lowest BCUT2D eigenvalue weighted by atomic mass is 9.84. The quantitative estimate of drug-likeness (QED) is 0.0474. The van der Waals surface area contributed by atoms with Gasteiger partial charge in [0, 0.05) is 0 Å². The molecule has 228 valence electrons. The van der Waals surface area contributed by atoms with Crippen LogP contribution >= 0.6 is 23.5 Å². The van der Waals surface area contributed by atoms with Crippen LogP contribution in [0.4, 0.5) is 0 Å². The Labute approximate surface area is 218 Å². The topological polar surface area (TPSA) is 340 Å². The Bertz CT molecular complexity index is 927. The van der Waals surface area contributed by atoms with Crippen molar-refractivity contribution in [2.75, 3.05) is 19.8 Å². The van der Waals surface area contributed by atoms with Crippen molar-refractivity contribution in [3.05, 3.63) is 0 Å². The van der Waals surface area contributed by atoms with Gasteiger partial charge in [-0.3, -0.25) is 28.0 Å². The molecule has 1 rings (SSSR count). The third-order valence-electron chi connectivity index (χ3n) is 4.47. The largest absolute Gasteiger partial charge is 0.470 e. The number of carbonyl (C=O) groups excluding carboxylic acids is 3. The number of carbonyl (C=O) groups is 3. The van der Waals surface area contributed by atoms with E-state index < -0.39 is 117 Å². The number of rotatable bonds is 15. The van der Waals surface area contributed by atoms with E-state index >= 15 is 0 Å². The van der Waals surface area contributed by atoms with Gasteiger partial charge in [-0.2, -0.15) is 0 Å². The summed E-state index contributed by atoms with van der Waals surface area (Å²) in [5.41, 5.74) is 0. The second kappa shape index (κ2) is 15.0. The third-order valence-corrected chi connectivity index (χ3v) is 6.02. The van der Waals surface area contributed by atoms with Gasteiger partial charge in [0.2, 0.25) is 0 Å². The average molecular weight is 636 g/mol. The maximum absolute atomic E-state index is 12.2. The number of esters is 3. The second-order valence-corrected chi connectivity index (χ2v) is 11.0. The van der Waals surface area contributed by atoms with Crippen molar-refractivity contribution in [3.8, 4) is 0 Å². The lowest BCUT2D eigenvalue weighted by molar-refractivity contribution is -0.241. The molecule has 1 aliphatic rings. The van der Waals surface area contributed by atoms with Gasteiger partial charge in [-0.15, -0.1) is 0 Å². The first-order valence-corrected chi connectivity index (χ1v) is 15.0. The van der Waals surface area contributed by atoms with E-state index in [9.17, 15) is 57.4 Å². The van der Waals surface area contributed by atoms with Crippen LogP contribution < -0.4 is 0 Å². The molecule has 0 aliphatic heterocycles. The van der Waals surface area contributed by atoms with E-state index in [4.69, 9.17) is 29.5 Å². The molecule has 2 unspecified atom stereocenters. The summed E-state index contributed by atoms with van der Waals surface area (Å²) in [7, 11) is -17.4.